The molecule has 9 nitrogen and oxygen atoms in total. The van der Waals surface area contributed by atoms with Crippen LogP contribution in [0, 0.1) is 11.3 Å². The van der Waals surface area contributed by atoms with Crippen molar-refractivity contribution in [3.63, 3.8) is 0 Å². The Labute approximate surface area is 238 Å². The highest BCUT2D eigenvalue weighted by atomic mass is 32.1. The predicted octanol–water partition coefficient (Wildman–Crippen LogP) is 5.14. The van der Waals surface area contributed by atoms with E-state index in [0.717, 1.165) is 45.6 Å². The number of nitriles is 1. The molecule has 0 aliphatic carbocycles. The molecule has 0 amide bonds. The van der Waals surface area contributed by atoms with Crippen LogP contribution in [0.25, 0.3) is 10.9 Å². The van der Waals surface area contributed by atoms with E-state index in [0.29, 0.717) is 36.2 Å². The van der Waals surface area contributed by atoms with E-state index in [9.17, 15) is 0 Å². The van der Waals surface area contributed by atoms with Crippen LogP contribution < -0.4 is 14.8 Å². The third-order valence-corrected chi connectivity index (χ3v) is 7.05. The van der Waals surface area contributed by atoms with Crippen LogP contribution in [0.4, 0.5) is 5.69 Å². The highest BCUT2D eigenvalue weighted by Crippen LogP contribution is 2.25. The Morgan fingerprint density at radius 3 is 2.67 bits per heavy atom. The SMILES string of the molecule is COc1ccc2[nH]cc(CN(CCc3cncn3Cc3ccc(C#N)cc3)C(=S)Nc3ccc(OC)nc3)c2c1. The maximum atomic E-state index is 9.09. The molecule has 0 atom stereocenters. The Balaban J connectivity index is 1.35. The molecule has 0 radical (unpaired) electrons. The van der Waals surface area contributed by atoms with Gasteiger partial charge in [-0.1, -0.05) is 12.1 Å². The van der Waals surface area contributed by atoms with Gasteiger partial charge in [-0.25, -0.2) is 9.97 Å². The van der Waals surface area contributed by atoms with Gasteiger partial charge in [-0.15, -0.1) is 0 Å². The molecule has 0 bridgehead atoms. The molecule has 0 saturated heterocycles. The molecule has 2 N–H and O–H groups in total. The number of aromatic amines is 1. The second-order valence-corrected chi connectivity index (χ2v) is 9.62. The Morgan fingerprint density at radius 1 is 1.10 bits per heavy atom. The number of rotatable bonds is 10. The number of anilines is 1. The Bertz CT molecular complexity index is 1640. The fraction of sp³-hybridized carbons (Fsp3) is 0.200. The van der Waals surface area contributed by atoms with Crippen LogP contribution in [0.3, 0.4) is 0 Å². The number of H-pyrrole nitrogens is 1. The van der Waals surface area contributed by atoms with Gasteiger partial charge in [-0.2, -0.15) is 5.26 Å². The summed E-state index contributed by atoms with van der Waals surface area (Å²) in [4.78, 5) is 14.2. The van der Waals surface area contributed by atoms with Gasteiger partial charge in [0.15, 0.2) is 5.11 Å². The molecule has 3 heterocycles. The second-order valence-electron chi connectivity index (χ2n) is 9.24. The first-order valence-electron chi connectivity index (χ1n) is 12.7. The first-order valence-corrected chi connectivity index (χ1v) is 13.1. The van der Waals surface area contributed by atoms with Gasteiger partial charge in [0.1, 0.15) is 5.75 Å². The van der Waals surface area contributed by atoms with Gasteiger partial charge < -0.3 is 29.2 Å². The molecule has 0 aliphatic rings. The third-order valence-electron chi connectivity index (χ3n) is 6.69. The van der Waals surface area contributed by atoms with Crippen LogP contribution >= 0.6 is 12.2 Å². The van der Waals surface area contributed by atoms with Gasteiger partial charge >= 0.3 is 0 Å². The molecule has 2 aromatic carbocycles. The molecule has 0 aliphatic heterocycles. The fourth-order valence-corrected chi connectivity index (χ4v) is 4.75. The second kappa shape index (κ2) is 12.3. The lowest BCUT2D eigenvalue weighted by atomic mass is 10.1. The molecule has 0 spiro atoms. The maximum absolute atomic E-state index is 9.09. The minimum atomic E-state index is 0.539. The third kappa shape index (κ3) is 6.22. The molecule has 0 fully saturated rings. The van der Waals surface area contributed by atoms with Crippen LogP contribution in [-0.2, 0) is 19.5 Å². The summed E-state index contributed by atoms with van der Waals surface area (Å²) < 4.78 is 12.8. The highest BCUT2D eigenvalue weighted by Gasteiger charge is 2.16. The van der Waals surface area contributed by atoms with Crippen molar-refractivity contribution in [2.24, 2.45) is 0 Å². The summed E-state index contributed by atoms with van der Waals surface area (Å²) in [5.74, 6) is 1.34. The maximum Gasteiger partial charge on any atom is 0.213 e. The zero-order valence-corrected chi connectivity index (χ0v) is 23.1. The number of nitrogens with one attached hydrogen (secondary N) is 2. The number of ether oxygens (including phenoxy) is 2. The average molecular weight is 552 g/mol. The number of thiocarbonyl (C=S) groups is 1. The topological polar surface area (TPSA) is 104 Å². The van der Waals surface area contributed by atoms with Crippen molar-refractivity contribution in [3.8, 4) is 17.7 Å². The summed E-state index contributed by atoms with van der Waals surface area (Å²) in [5.41, 5.74) is 5.76. The van der Waals surface area contributed by atoms with Gasteiger partial charge in [0.25, 0.3) is 0 Å². The molecule has 40 heavy (non-hydrogen) atoms. The molecule has 3 aromatic heterocycles. The number of aromatic nitrogens is 4. The molecule has 0 unspecified atom stereocenters. The standard InChI is InChI=1S/C30H29N7O2S/c1-38-26-8-9-28-27(13-26)23(15-33-28)19-36(30(40)35-24-7-10-29(39-2)34-16-24)12-11-25-17-32-20-37(25)18-22-5-3-21(14-31)4-6-22/h3-10,13,15-17,20,33H,11-12,18-19H2,1-2H3,(H,35,40). The Morgan fingerprint density at radius 2 is 1.95 bits per heavy atom. The van der Waals surface area contributed by atoms with E-state index in [-0.39, 0.29) is 0 Å². The van der Waals surface area contributed by atoms with Gasteiger partial charge in [0.05, 0.1) is 44.1 Å². The minimum absolute atomic E-state index is 0.539. The van der Waals surface area contributed by atoms with E-state index in [1.807, 2.05) is 67.3 Å². The summed E-state index contributed by atoms with van der Waals surface area (Å²) >= 11 is 5.89. The molecular formula is C30H29N7O2S. The minimum Gasteiger partial charge on any atom is -0.497 e. The monoisotopic (exact) mass is 551 g/mol. The van der Waals surface area contributed by atoms with Crippen molar-refractivity contribution >= 4 is 33.9 Å². The zero-order valence-electron chi connectivity index (χ0n) is 22.3. The Hall–Kier alpha value is -4.88. The molecule has 202 valence electrons. The normalized spacial score (nSPS) is 10.7. The van der Waals surface area contributed by atoms with E-state index in [1.54, 1.807) is 26.5 Å². The average Bonchev–Trinajstić information content (AvgIpc) is 3.61. The van der Waals surface area contributed by atoms with Crippen molar-refractivity contribution in [1.82, 2.24) is 24.4 Å². The molecule has 10 heteroatoms. The number of hydrogen-bond acceptors (Lipinski definition) is 6. The summed E-state index contributed by atoms with van der Waals surface area (Å²) in [6.45, 7) is 1.92. The van der Waals surface area contributed by atoms with E-state index >= 15 is 0 Å². The quantitative estimate of drug-likeness (QED) is 0.230. The van der Waals surface area contributed by atoms with Gasteiger partial charge in [0.2, 0.25) is 5.88 Å². The number of methoxy groups -OCH3 is 2. The smallest absolute Gasteiger partial charge is 0.213 e. The van der Waals surface area contributed by atoms with Crippen LogP contribution in [-0.4, -0.2) is 50.3 Å². The van der Waals surface area contributed by atoms with E-state index in [4.69, 9.17) is 27.0 Å². The summed E-state index contributed by atoms with van der Waals surface area (Å²) in [7, 11) is 3.26. The first-order chi connectivity index (χ1) is 19.6. The van der Waals surface area contributed by atoms with Crippen LogP contribution in [0.2, 0.25) is 0 Å². The molecular weight excluding hydrogens is 522 g/mol. The van der Waals surface area contributed by atoms with E-state index in [1.165, 1.54) is 0 Å². The van der Waals surface area contributed by atoms with Gasteiger partial charge in [-0.05, 0) is 59.7 Å². The first kappa shape index (κ1) is 26.7. The molecule has 0 saturated carbocycles. The zero-order chi connectivity index (χ0) is 27.9. The van der Waals surface area contributed by atoms with Crippen LogP contribution in [0.15, 0.2) is 79.5 Å². The largest absolute Gasteiger partial charge is 0.497 e. The summed E-state index contributed by atoms with van der Waals surface area (Å²) in [5, 5.41) is 14.1. The van der Waals surface area contributed by atoms with Gasteiger partial charge in [0, 0.05) is 61.1 Å². The Kier molecular flexibility index (Phi) is 8.23. The lowest BCUT2D eigenvalue weighted by Gasteiger charge is -2.26. The number of imidazole rings is 1. The van der Waals surface area contributed by atoms with Crippen LogP contribution in [0.5, 0.6) is 11.6 Å². The van der Waals surface area contributed by atoms with E-state index in [2.05, 4.69) is 35.8 Å². The number of hydrogen-bond donors (Lipinski definition) is 2. The fourth-order valence-electron chi connectivity index (χ4n) is 4.48. The van der Waals surface area contributed by atoms with E-state index < -0.39 is 0 Å². The van der Waals surface area contributed by atoms with Crippen molar-refractivity contribution in [2.75, 3.05) is 26.1 Å². The van der Waals surface area contributed by atoms with Crippen molar-refractivity contribution in [3.05, 3.63) is 102 Å². The van der Waals surface area contributed by atoms with Crippen molar-refractivity contribution < 1.29 is 9.47 Å². The van der Waals surface area contributed by atoms with Gasteiger partial charge in [-0.3, -0.25) is 0 Å². The van der Waals surface area contributed by atoms with Crippen molar-refractivity contribution in [2.45, 2.75) is 19.5 Å². The summed E-state index contributed by atoms with van der Waals surface area (Å²) in [6.07, 6.45) is 8.17. The number of benzene rings is 2. The van der Waals surface area contributed by atoms with Crippen LogP contribution in [0.1, 0.15) is 22.4 Å². The predicted molar refractivity (Wildman–Crippen MR) is 158 cm³/mol. The number of fused-ring (bicyclic) bond motifs is 1. The summed E-state index contributed by atoms with van der Waals surface area (Å²) in [6, 6.07) is 19.5. The lowest BCUT2D eigenvalue weighted by Crippen LogP contribution is -2.36. The van der Waals surface area contributed by atoms with Crippen molar-refractivity contribution in [1.29, 1.82) is 5.26 Å². The number of nitrogens with zero attached hydrogens (tertiary/aromatic N) is 5. The lowest BCUT2D eigenvalue weighted by molar-refractivity contribution is 0.398. The molecule has 5 rings (SSSR count). The molecule has 5 aromatic rings. The number of pyridine rings is 1. The highest BCUT2D eigenvalue weighted by molar-refractivity contribution is 7.80.